The summed E-state index contributed by atoms with van der Waals surface area (Å²) in [6.45, 7) is 0.605. The van der Waals surface area contributed by atoms with Crippen LogP contribution in [0.2, 0.25) is 0 Å². The number of nitrogens with one attached hydrogen (secondary N) is 2. The maximum absolute atomic E-state index is 12.3. The summed E-state index contributed by atoms with van der Waals surface area (Å²) < 4.78 is 1.89. The SMILES string of the molecule is Cn1ccc2ccc(C(=O)NC3CCNC(=O)CC3)nc21. The van der Waals surface area contributed by atoms with E-state index in [-0.39, 0.29) is 17.9 Å². The second-order valence-electron chi connectivity index (χ2n) is 5.38. The van der Waals surface area contributed by atoms with Gasteiger partial charge in [-0.05, 0) is 31.0 Å². The Morgan fingerprint density at radius 1 is 1.38 bits per heavy atom. The quantitative estimate of drug-likeness (QED) is 0.864. The van der Waals surface area contributed by atoms with Crippen molar-refractivity contribution in [3.8, 4) is 0 Å². The maximum Gasteiger partial charge on any atom is 0.270 e. The van der Waals surface area contributed by atoms with Crippen molar-refractivity contribution in [2.75, 3.05) is 6.54 Å². The molecule has 6 heteroatoms. The molecule has 1 aliphatic rings. The van der Waals surface area contributed by atoms with Gasteiger partial charge in [0.05, 0.1) is 0 Å². The molecule has 1 fully saturated rings. The van der Waals surface area contributed by atoms with Gasteiger partial charge in [0.1, 0.15) is 11.3 Å². The molecule has 2 aromatic heterocycles. The first-order valence-corrected chi connectivity index (χ1v) is 7.13. The molecule has 2 N–H and O–H groups in total. The van der Waals surface area contributed by atoms with E-state index < -0.39 is 0 Å². The lowest BCUT2D eigenvalue weighted by atomic mass is 10.1. The highest BCUT2D eigenvalue weighted by Crippen LogP contribution is 2.13. The molecular formula is C15H18N4O2. The van der Waals surface area contributed by atoms with E-state index in [2.05, 4.69) is 15.6 Å². The van der Waals surface area contributed by atoms with Crippen LogP contribution in [-0.2, 0) is 11.8 Å². The number of aryl methyl sites for hydroxylation is 1. The number of carbonyl (C=O) groups is 2. The second kappa shape index (κ2) is 5.55. The summed E-state index contributed by atoms with van der Waals surface area (Å²) in [5.41, 5.74) is 1.20. The lowest BCUT2D eigenvalue weighted by Gasteiger charge is -2.15. The van der Waals surface area contributed by atoms with Gasteiger partial charge in [-0.15, -0.1) is 0 Å². The maximum atomic E-state index is 12.3. The smallest absolute Gasteiger partial charge is 0.270 e. The summed E-state index contributed by atoms with van der Waals surface area (Å²) in [6.07, 6.45) is 3.80. The predicted molar refractivity (Wildman–Crippen MR) is 78.8 cm³/mol. The van der Waals surface area contributed by atoms with E-state index in [0.29, 0.717) is 25.1 Å². The van der Waals surface area contributed by atoms with Gasteiger partial charge >= 0.3 is 0 Å². The molecule has 2 amide bonds. The zero-order valence-electron chi connectivity index (χ0n) is 11.9. The van der Waals surface area contributed by atoms with Crippen LogP contribution in [-0.4, -0.2) is 34.0 Å². The molecule has 2 aromatic rings. The van der Waals surface area contributed by atoms with Crippen molar-refractivity contribution >= 4 is 22.8 Å². The number of hydrogen-bond donors (Lipinski definition) is 2. The minimum absolute atomic E-state index is 0.0161. The lowest BCUT2D eigenvalue weighted by Crippen LogP contribution is -2.35. The lowest BCUT2D eigenvalue weighted by molar-refractivity contribution is -0.120. The van der Waals surface area contributed by atoms with E-state index in [1.165, 1.54) is 0 Å². The van der Waals surface area contributed by atoms with Gasteiger partial charge < -0.3 is 15.2 Å². The van der Waals surface area contributed by atoms with Crippen LogP contribution >= 0.6 is 0 Å². The fourth-order valence-corrected chi connectivity index (χ4v) is 2.59. The molecule has 0 spiro atoms. The molecule has 0 bridgehead atoms. The normalized spacial score (nSPS) is 19.1. The van der Waals surface area contributed by atoms with Gasteiger partial charge in [0.15, 0.2) is 0 Å². The highest BCUT2D eigenvalue weighted by Gasteiger charge is 2.19. The average Bonchev–Trinajstić information content (AvgIpc) is 2.72. The fraction of sp³-hybridized carbons (Fsp3) is 0.400. The molecule has 1 aliphatic heterocycles. The molecule has 0 radical (unpaired) electrons. The summed E-state index contributed by atoms with van der Waals surface area (Å²) in [4.78, 5) is 28.0. The summed E-state index contributed by atoms with van der Waals surface area (Å²) in [5, 5.41) is 6.79. The second-order valence-corrected chi connectivity index (χ2v) is 5.38. The van der Waals surface area contributed by atoms with E-state index >= 15 is 0 Å². The zero-order chi connectivity index (χ0) is 14.8. The first-order valence-electron chi connectivity index (χ1n) is 7.13. The molecule has 3 rings (SSSR count). The Hall–Kier alpha value is -2.37. The fourth-order valence-electron chi connectivity index (χ4n) is 2.59. The van der Waals surface area contributed by atoms with E-state index in [1.54, 1.807) is 6.07 Å². The average molecular weight is 286 g/mol. The number of carbonyl (C=O) groups excluding carboxylic acids is 2. The zero-order valence-corrected chi connectivity index (χ0v) is 11.9. The van der Waals surface area contributed by atoms with Gasteiger partial charge in [-0.3, -0.25) is 9.59 Å². The summed E-state index contributed by atoms with van der Waals surface area (Å²) >= 11 is 0. The first kappa shape index (κ1) is 13.6. The number of fused-ring (bicyclic) bond motifs is 1. The number of nitrogens with zero attached hydrogens (tertiary/aromatic N) is 2. The van der Waals surface area contributed by atoms with Crippen LogP contribution in [0.4, 0.5) is 0 Å². The van der Waals surface area contributed by atoms with Gasteiger partial charge in [0.25, 0.3) is 5.91 Å². The van der Waals surface area contributed by atoms with Crippen LogP contribution in [0.15, 0.2) is 24.4 Å². The molecule has 0 saturated carbocycles. The highest BCUT2D eigenvalue weighted by molar-refractivity contribution is 5.94. The van der Waals surface area contributed by atoms with Crippen molar-refractivity contribution in [3.63, 3.8) is 0 Å². The van der Waals surface area contributed by atoms with Gasteiger partial charge in [-0.25, -0.2) is 4.98 Å². The molecule has 6 nitrogen and oxygen atoms in total. The number of pyridine rings is 1. The third kappa shape index (κ3) is 2.89. The van der Waals surface area contributed by atoms with Crippen LogP contribution in [0, 0.1) is 0 Å². The Morgan fingerprint density at radius 3 is 3.10 bits per heavy atom. The number of rotatable bonds is 2. The van der Waals surface area contributed by atoms with Crippen molar-refractivity contribution in [1.29, 1.82) is 0 Å². The van der Waals surface area contributed by atoms with Crippen molar-refractivity contribution in [2.45, 2.75) is 25.3 Å². The molecule has 21 heavy (non-hydrogen) atoms. The summed E-state index contributed by atoms with van der Waals surface area (Å²) in [5.74, 6) is -0.132. The Labute approximate surface area is 122 Å². The summed E-state index contributed by atoms with van der Waals surface area (Å²) in [7, 11) is 1.90. The Bertz CT molecular complexity index is 692. The van der Waals surface area contributed by atoms with E-state index in [1.807, 2.05) is 29.9 Å². The molecule has 0 aromatic carbocycles. The number of aromatic nitrogens is 2. The van der Waals surface area contributed by atoms with Crippen LogP contribution < -0.4 is 10.6 Å². The van der Waals surface area contributed by atoms with Gasteiger partial charge in [0, 0.05) is 37.6 Å². The molecule has 110 valence electrons. The van der Waals surface area contributed by atoms with Crippen LogP contribution in [0.25, 0.3) is 11.0 Å². The van der Waals surface area contributed by atoms with Gasteiger partial charge in [-0.2, -0.15) is 0 Å². The van der Waals surface area contributed by atoms with Crippen molar-refractivity contribution in [3.05, 3.63) is 30.1 Å². The van der Waals surface area contributed by atoms with Crippen molar-refractivity contribution in [2.24, 2.45) is 7.05 Å². The molecule has 1 unspecified atom stereocenters. The van der Waals surface area contributed by atoms with Crippen molar-refractivity contribution < 1.29 is 9.59 Å². The van der Waals surface area contributed by atoms with Crippen LogP contribution in [0.3, 0.4) is 0 Å². The van der Waals surface area contributed by atoms with Crippen LogP contribution in [0.5, 0.6) is 0 Å². The summed E-state index contributed by atoms with van der Waals surface area (Å²) in [6, 6.07) is 5.61. The predicted octanol–water partition coefficient (Wildman–Crippen LogP) is 0.972. The molecular weight excluding hydrogens is 268 g/mol. The monoisotopic (exact) mass is 286 g/mol. The Kier molecular flexibility index (Phi) is 3.60. The first-order chi connectivity index (χ1) is 10.1. The van der Waals surface area contributed by atoms with E-state index in [0.717, 1.165) is 17.5 Å². The minimum atomic E-state index is -0.183. The largest absolute Gasteiger partial charge is 0.356 e. The van der Waals surface area contributed by atoms with E-state index in [9.17, 15) is 9.59 Å². The standard InChI is InChI=1S/C15H18N4O2/c1-19-9-7-10-2-4-12(18-14(10)19)15(21)17-11-3-5-13(20)16-8-6-11/h2,4,7,9,11H,3,5-6,8H2,1H3,(H,16,20)(H,17,21). The van der Waals surface area contributed by atoms with Crippen molar-refractivity contribution in [1.82, 2.24) is 20.2 Å². The minimum Gasteiger partial charge on any atom is -0.356 e. The number of amides is 2. The Balaban J connectivity index is 1.74. The molecule has 0 aliphatic carbocycles. The third-order valence-corrected chi connectivity index (χ3v) is 3.82. The molecule has 3 heterocycles. The van der Waals surface area contributed by atoms with Crippen LogP contribution in [0.1, 0.15) is 29.8 Å². The van der Waals surface area contributed by atoms with E-state index in [4.69, 9.17) is 0 Å². The Morgan fingerprint density at radius 2 is 2.24 bits per heavy atom. The topological polar surface area (TPSA) is 76.0 Å². The molecule has 1 atom stereocenters. The van der Waals surface area contributed by atoms with Gasteiger partial charge in [0.2, 0.25) is 5.91 Å². The van der Waals surface area contributed by atoms with Gasteiger partial charge in [-0.1, -0.05) is 0 Å². The third-order valence-electron chi connectivity index (χ3n) is 3.82. The number of hydrogen-bond acceptors (Lipinski definition) is 3. The molecule has 1 saturated heterocycles. The highest BCUT2D eigenvalue weighted by atomic mass is 16.2.